The molecule has 0 N–H and O–H groups in total. The first-order valence-electron chi connectivity index (χ1n) is 7.78. The van der Waals surface area contributed by atoms with Crippen molar-refractivity contribution in [2.24, 2.45) is 11.3 Å². The molecule has 6 heteroatoms. The lowest BCUT2D eigenvalue weighted by molar-refractivity contribution is -0.173. The number of esters is 2. The Balaban J connectivity index is 1.94. The third-order valence-corrected chi connectivity index (χ3v) is 7.25. The molecule has 1 saturated carbocycles. The molecule has 0 aromatic carbocycles. The maximum Gasteiger partial charge on any atom is 0.323 e. The fourth-order valence-corrected chi connectivity index (χ4v) is 6.52. The summed E-state index contributed by atoms with van der Waals surface area (Å²) >= 11 is 1.68. The van der Waals surface area contributed by atoms with Gasteiger partial charge in [-0.15, -0.1) is 11.3 Å². The molecule has 2 aliphatic heterocycles. The second-order valence-corrected chi connectivity index (χ2v) is 8.13. The van der Waals surface area contributed by atoms with Gasteiger partial charge in [-0.3, -0.25) is 9.59 Å². The van der Waals surface area contributed by atoms with Gasteiger partial charge in [0.15, 0.2) is 5.41 Å². The molecule has 0 amide bonds. The molecule has 0 spiro atoms. The van der Waals surface area contributed by atoms with E-state index < -0.39 is 28.6 Å². The Bertz CT molecular complexity index is 694. The summed E-state index contributed by atoms with van der Waals surface area (Å²) in [5.41, 5.74) is -1.08. The van der Waals surface area contributed by atoms with Crippen LogP contribution in [0.15, 0.2) is 11.4 Å². The van der Waals surface area contributed by atoms with Crippen molar-refractivity contribution in [1.29, 1.82) is 0 Å². The summed E-state index contributed by atoms with van der Waals surface area (Å²) in [5, 5.41) is 2.06. The molecule has 0 unspecified atom stereocenters. The number of hydrogen-bond acceptors (Lipinski definition) is 6. The van der Waals surface area contributed by atoms with Crippen LogP contribution in [0.4, 0.5) is 0 Å². The molecule has 1 aliphatic carbocycles. The van der Waals surface area contributed by atoms with Gasteiger partial charge >= 0.3 is 11.9 Å². The smallest absolute Gasteiger partial charge is 0.323 e. The predicted molar refractivity (Wildman–Crippen MR) is 83.1 cm³/mol. The normalized spacial score (nSPS) is 39.0. The highest BCUT2D eigenvalue weighted by atomic mass is 32.1. The van der Waals surface area contributed by atoms with Crippen molar-refractivity contribution in [3.8, 4) is 0 Å². The minimum atomic E-state index is -1.28. The van der Waals surface area contributed by atoms with E-state index in [0.29, 0.717) is 12.8 Å². The number of ether oxygens (including phenoxy) is 3. The zero-order chi connectivity index (χ0) is 16.6. The zero-order valence-electron chi connectivity index (χ0n) is 13.7. The Labute approximate surface area is 138 Å². The molecule has 4 atom stereocenters. The van der Waals surface area contributed by atoms with Crippen LogP contribution in [0.5, 0.6) is 0 Å². The van der Waals surface area contributed by atoms with Gasteiger partial charge in [-0.25, -0.2) is 0 Å². The lowest BCUT2D eigenvalue weighted by Crippen LogP contribution is -2.47. The average molecular weight is 336 g/mol. The lowest BCUT2D eigenvalue weighted by Gasteiger charge is -2.40. The van der Waals surface area contributed by atoms with Gasteiger partial charge in [0.1, 0.15) is 0 Å². The Morgan fingerprint density at radius 2 is 1.87 bits per heavy atom. The fourth-order valence-electron chi connectivity index (χ4n) is 5.28. The van der Waals surface area contributed by atoms with E-state index in [9.17, 15) is 9.59 Å². The van der Waals surface area contributed by atoms with Crippen molar-refractivity contribution in [1.82, 2.24) is 0 Å². The molecule has 3 heterocycles. The number of carbonyl (C=O) groups excluding carboxylic acids is 2. The third-order valence-electron chi connectivity index (χ3n) is 6.22. The maximum absolute atomic E-state index is 12.7. The summed E-state index contributed by atoms with van der Waals surface area (Å²) in [7, 11) is 2.66. The van der Waals surface area contributed by atoms with Crippen molar-refractivity contribution in [3.05, 3.63) is 21.9 Å². The van der Waals surface area contributed by atoms with E-state index >= 15 is 0 Å². The standard InChI is InChI=1S/C17H20O5S/c1-15-8-11-16(2,22-15)10(12-9(15)5-6-23-12)7-17(11,13(18)20-3)14(19)21-4/h5-6,10-11H,7-8H2,1-4H3/t10-,11+,15+,16+/m0/s1. The van der Waals surface area contributed by atoms with Crippen LogP contribution in [0.1, 0.15) is 43.0 Å². The second-order valence-electron chi connectivity index (χ2n) is 7.18. The molecule has 0 radical (unpaired) electrons. The summed E-state index contributed by atoms with van der Waals surface area (Å²) in [6.07, 6.45) is 1.01. The van der Waals surface area contributed by atoms with Crippen LogP contribution >= 0.6 is 11.3 Å². The zero-order valence-corrected chi connectivity index (χ0v) is 14.5. The molecule has 1 aromatic rings. The molecule has 5 nitrogen and oxygen atoms in total. The van der Waals surface area contributed by atoms with Crippen LogP contribution in [0.25, 0.3) is 0 Å². The van der Waals surface area contributed by atoms with Gasteiger partial charge < -0.3 is 14.2 Å². The fraction of sp³-hybridized carbons (Fsp3) is 0.647. The molecule has 3 aliphatic rings. The van der Waals surface area contributed by atoms with Crippen LogP contribution in [-0.2, 0) is 29.4 Å². The van der Waals surface area contributed by atoms with E-state index in [1.165, 1.54) is 24.7 Å². The van der Waals surface area contributed by atoms with Crippen LogP contribution < -0.4 is 0 Å². The summed E-state index contributed by atoms with van der Waals surface area (Å²) < 4.78 is 16.5. The molecular weight excluding hydrogens is 316 g/mol. The van der Waals surface area contributed by atoms with Gasteiger partial charge in [-0.2, -0.15) is 0 Å². The first-order valence-corrected chi connectivity index (χ1v) is 8.66. The van der Waals surface area contributed by atoms with Gasteiger partial charge in [0.25, 0.3) is 0 Å². The van der Waals surface area contributed by atoms with E-state index in [-0.39, 0.29) is 11.8 Å². The summed E-state index contributed by atoms with van der Waals surface area (Å²) in [4.78, 5) is 26.6. The first-order chi connectivity index (χ1) is 10.8. The average Bonchev–Trinajstić information content (AvgIpc) is 3.15. The number of fused-ring (bicyclic) bond motifs is 4. The number of hydrogen-bond donors (Lipinski definition) is 0. The van der Waals surface area contributed by atoms with Crippen molar-refractivity contribution >= 4 is 23.3 Å². The molecule has 1 aromatic heterocycles. The lowest BCUT2D eigenvalue weighted by atomic mass is 9.71. The molecule has 1 saturated heterocycles. The monoisotopic (exact) mass is 336 g/mol. The Morgan fingerprint density at radius 1 is 1.22 bits per heavy atom. The first kappa shape index (κ1) is 15.1. The van der Waals surface area contributed by atoms with E-state index in [4.69, 9.17) is 14.2 Å². The Hall–Kier alpha value is -1.40. The van der Waals surface area contributed by atoms with Gasteiger partial charge in [0.05, 0.1) is 25.4 Å². The number of methoxy groups -OCH3 is 2. The summed E-state index contributed by atoms with van der Waals surface area (Å²) in [6, 6.07) is 2.11. The van der Waals surface area contributed by atoms with Gasteiger partial charge in [-0.1, -0.05) is 0 Å². The van der Waals surface area contributed by atoms with Crippen LogP contribution in [0.3, 0.4) is 0 Å². The minimum absolute atomic E-state index is 0.0104. The highest BCUT2D eigenvalue weighted by Gasteiger charge is 2.76. The van der Waals surface area contributed by atoms with Gasteiger partial charge in [0, 0.05) is 16.7 Å². The van der Waals surface area contributed by atoms with Crippen LogP contribution in [0.2, 0.25) is 0 Å². The summed E-state index contributed by atoms with van der Waals surface area (Å²) in [6.45, 7) is 4.08. The molecule has 4 rings (SSSR count). The van der Waals surface area contributed by atoms with Crippen molar-refractivity contribution < 1.29 is 23.8 Å². The highest BCUT2D eigenvalue weighted by molar-refractivity contribution is 7.10. The number of carbonyl (C=O) groups is 2. The Morgan fingerprint density at radius 3 is 2.48 bits per heavy atom. The number of thiophene rings is 1. The van der Waals surface area contributed by atoms with Crippen LogP contribution in [-0.4, -0.2) is 31.8 Å². The highest BCUT2D eigenvalue weighted by Crippen LogP contribution is 2.71. The number of rotatable bonds is 2. The maximum atomic E-state index is 12.7. The van der Waals surface area contributed by atoms with Crippen LogP contribution in [0, 0.1) is 11.3 Å². The molecule has 2 fully saturated rings. The van der Waals surface area contributed by atoms with E-state index in [1.54, 1.807) is 11.3 Å². The molecule has 124 valence electrons. The van der Waals surface area contributed by atoms with E-state index in [0.717, 1.165) is 0 Å². The van der Waals surface area contributed by atoms with Gasteiger partial charge in [0.2, 0.25) is 0 Å². The van der Waals surface area contributed by atoms with Crippen molar-refractivity contribution in [2.45, 2.75) is 43.8 Å². The Kier molecular flexibility index (Phi) is 2.87. The summed E-state index contributed by atoms with van der Waals surface area (Å²) in [5.74, 6) is -1.24. The largest absolute Gasteiger partial charge is 0.468 e. The molecule has 23 heavy (non-hydrogen) atoms. The van der Waals surface area contributed by atoms with E-state index in [1.807, 2.05) is 6.92 Å². The molecular formula is C17H20O5S. The minimum Gasteiger partial charge on any atom is -0.468 e. The van der Waals surface area contributed by atoms with E-state index in [2.05, 4.69) is 18.4 Å². The third kappa shape index (κ3) is 1.51. The van der Waals surface area contributed by atoms with Crippen molar-refractivity contribution in [3.63, 3.8) is 0 Å². The SMILES string of the molecule is COC(=O)C1(C(=O)OC)C[C@H]2c3sccc3[C@@]3(C)C[C@@H]1[C@]2(C)O3. The van der Waals surface area contributed by atoms with Crippen molar-refractivity contribution in [2.75, 3.05) is 14.2 Å². The predicted octanol–water partition coefficient (Wildman–Crippen LogP) is 2.59. The molecule has 2 bridgehead atoms. The second kappa shape index (κ2) is 4.36. The van der Waals surface area contributed by atoms with Gasteiger partial charge in [-0.05, 0) is 43.7 Å². The quantitative estimate of drug-likeness (QED) is 0.614. The topological polar surface area (TPSA) is 61.8 Å².